The van der Waals surface area contributed by atoms with Crippen LogP contribution in [0.4, 0.5) is 11.4 Å². The number of thioether (sulfide) groups is 1. The number of carbonyl (C=O) groups excluding carboxylic acids is 2. The summed E-state index contributed by atoms with van der Waals surface area (Å²) in [6.45, 7) is 6.50. The summed E-state index contributed by atoms with van der Waals surface area (Å²) in [4.78, 5) is 39.3. The number of thiazole rings is 1. The summed E-state index contributed by atoms with van der Waals surface area (Å²) >= 11 is 3.00. The molecular formula is C25H28N6O3S2. The minimum atomic E-state index is -0.534. The molecule has 188 valence electrons. The van der Waals surface area contributed by atoms with Crippen molar-refractivity contribution in [1.82, 2.24) is 14.8 Å². The van der Waals surface area contributed by atoms with E-state index in [4.69, 9.17) is 0 Å². The molecule has 3 N–H and O–H groups in total. The second kappa shape index (κ2) is 13.5. The monoisotopic (exact) mass is 524 g/mol. The number of nitrogens with one attached hydrogen (secondary N) is 3. The quantitative estimate of drug-likeness (QED) is 0.347. The van der Waals surface area contributed by atoms with Crippen LogP contribution < -0.4 is 30.7 Å². The van der Waals surface area contributed by atoms with E-state index in [0.717, 1.165) is 41.6 Å². The number of rotatable bonds is 8. The zero-order valence-corrected chi connectivity index (χ0v) is 21.9. The van der Waals surface area contributed by atoms with Crippen LogP contribution in [0.15, 0.2) is 40.8 Å². The summed E-state index contributed by atoms with van der Waals surface area (Å²) in [6, 6.07) is 9.10. The van der Waals surface area contributed by atoms with Crippen LogP contribution in [-0.4, -0.2) is 59.0 Å². The van der Waals surface area contributed by atoms with Crippen molar-refractivity contribution in [2.24, 2.45) is 0 Å². The highest BCUT2D eigenvalue weighted by atomic mass is 32.2. The van der Waals surface area contributed by atoms with Crippen LogP contribution in [0.3, 0.4) is 0 Å². The molecule has 1 saturated heterocycles. The van der Waals surface area contributed by atoms with Crippen molar-refractivity contribution in [3.05, 3.63) is 55.6 Å². The standard InChI is InChI=1S/C25H28N6O3S2/c1-3-27-24(33)18(16-26)14-23-31(4-2)25(34)21(36-23)8-9-28-19-6-5-7-20(15-19)29-22(32)17-30-10-12-35-13-11-30/h5-7,9,15,28H,3-4,10-13,17H2,1-2H3,(H,27,33)(H,29,32). The Morgan fingerprint density at radius 3 is 2.64 bits per heavy atom. The molecule has 1 fully saturated rings. The predicted molar refractivity (Wildman–Crippen MR) is 145 cm³/mol. The van der Waals surface area contributed by atoms with Gasteiger partial charge in [-0.3, -0.25) is 23.9 Å². The first-order valence-corrected chi connectivity index (χ1v) is 13.5. The highest BCUT2D eigenvalue weighted by Gasteiger charge is 2.14. The predicted octanol–water partition coefficient (Wildman–Crippen LogP) is 0.888. The lowest BCUT2D eigenvalue weighted by Crippen LogP contribution is -2.38. The van der Waals surface area contributed by atoms with Crippen LogP contribution in [0, 0.1) is 11.3 Å². The van der Waals surface area contributed by atoms with Crippen molar-refractivity contribution in [2.75, 3.05) is 48.3 Å². The third-order valence-electron chi connectivity index (χ3n) is 5.17. The molecule has 0 aliphatic carbocycles. The number of carbonyl (C=O) groups is 2. The van der Waals surface area contributed by atoms with E-state index in [1.807, 2.05) is 36.0 Å². The minimum Gasteiger partial charge on any atom is -0.355 e. The summed E-state index contributed by atoms with van der Waals surface area (Å²) in [5, 5.41) is 17.8. The van der Waals surface area contributed by atoms with E-state index in [9.17, 15) is 19.6 Å². The second-order valence-electron chi connectivity index (χ2n) is 7.71. The van der Waals surface area contributed by atoms with Gasteiger partial charge in [0.1, 0.15) is 15.3 Å². The highest BCUT2D eigenvalue weighted by Crippen LogP contribution is 2.15. The van der Waals surface area contributed by atoms with Gasteiger partial charge in [0.05, 0.1) is 6.54 Å². The first-order valence-electron chi connectivity index (χ1n) is 11.6. The van der Waals surface area contributed by atoms with Gasteiger partial charge in [-0.1, -0.05) is 28.9 Å². The summed E-state index contributed by atoms with van der Waals surface area (Å²) in [6.07, 6.45) is 1.52. The van der Waals surface area contributed by atoms with E-state index in [2.05, 4.69) is 32.3 Å². The number of hydrogen-bond acceptors (Lipinski definition) is 8. The van der Waals surface area contributed by atoms with E-state index >= 15 is 0 Å². The summed E-state index contributed by atoms with van der Waals surface area (Å²) in [5.41, 5.74) is 6.62. The molecule has 11 heteroatoms. The van der Waals surface area contributed by atoms with Crippen LogP contribution in [0.2, 0.25) is 0 Å². The largest absolute Gasteiger partial charge is 0.355 e. The Bertz CT molecular complexity index is 1400. The number of benzene rings is 1. The first-order chi connectivity index (χ1) is 17.4. The van der Waals surface area contributed by atoms with Gasteiger partial charge in [-0.15, -0.1) is 0 Å². The van der Waals surface area contributed by atoms with Crippen molar-refractivity contribution in [1.29, 1.82) is 5.26 Å². The second-order valence-corrected chi connectivity index (χ2v) is 9.93. The molecule has 36 heavy (non-hydrogen) atoms. The Balaban J connectivity index is 1.80. The number of likely N-dealkylation sites (N-methyl/N-ethyl adjacent to an activating group) is 1. The maximum absolute atomic E-state index is 12.7. The third-order valence-corrected chi connectivity index (χ3v) is 7.12. The Morgan fingerprint density at radius 1 is 1.19 bits per heavy atom. The van der Waals surface area contributed by atoms with Crippen LogP contribution in [0.5, 0.6) is 0 Å². The van der Waals surface area contributed by atoms with Gasteiger partial charge in [-0.2, -0.15) is 17.0 Å². The fraction of sp³-hybridized carbons (Fsp3) is 0.360. The molecule has 0 unspecified atom stereocenters. The number of nitrogens with zero attached hydrogens (tertiary/aromatic N) is 3. The normalized spacial score (nSPS) is 13.0. The molecule has 9 nitrogen and oxygen atoms in total. The van der Waals surface area contributed by atoms with Gasteiger partial charge >= 0.3 is 0 Å². The molecule has 1 aromatic heterocycles. The van der Waals surface area contributed by atoms with Crippen molar-refractivity contribution < 1.29 is 9.59 Å². The molecule has 2 aromatic rings. The van der Waals surface area contributed by atoms with Crippen LogP contribution in [-0.2, 0) is 16.1 Å². The molecule has 1 aromatic carbocycles. The number of aromatic nitrogens is 1. The van der Waals surface area contributed by atoms with Gasteiger partial charge in [-0.05, 0) is 32.0 Å². The van der Waals surface area contributed by atoms with E-state index < -0.39 is 5.91 Å². The fourth-order valence-electron chi connectivity index (χ4n) is 3.41. The zero-order chi connectivity index (χ0) is 25.9. The average molecular weight is 525 g/mol. The van der Waals surface area contributed by atoms with Crippen molar-refractivity contribution in [3.63, 3.8) is 0 Å². The minimum absolute atomic E-state index is 0.0546. The van der Waals surface area contributed by atoms with Crippen molar-refractivity contribution in [2.45, 2.75) is 20.4 Å². The summed E-state index contributed by atoms with van der Waals surface area (Å²) in [7, 11) is 0. The summed E-state index contributed by atoms with van der Waals surface area (Å²) in [5.74, 6) is 1.51. The first kappa shape index (κ1) is 27.1. The SMILES string of the molecule is CCNC(=O)C(=C=c1sc(=C=CNc2cccc(NC(=O)CN3CCSCC3)c2)c(=O)n1CC)C#N. The summed E-state index contributed by atoms with van der Waals surface area (Å²) < 4.78 is 2.12. The van der Waals surface area contributed by atoms with Crippen molar-refractivity contribution >= 4 is 57.8 Å². The number of hydrogen-bond donors (Lipinski definition) is 3. The van der Waals surface area contributed by atoms with Crippen molar-refractivity contribution in [3.8, 4) is 6.07 Å². The smallest absolute Gasteiger partial charge is 0.277 e. The third kappa shape index (κ3) is 7.49. The van der Waals surface area contributed by atoms with E-state index in [-0.39, 0.29) is 17.0 Å². The topological polar surface area (TPSA) is 119 Å². The van der Waals surface area contributed by atoms with Crippen LogP contribution >= 0.6 is 23.1 Å². The molecule has 0 atom stereocenters. The van der Waals surface area contributed by atoms with Crippen LogP contribution in [0.25, 0.3) is 11.5 Å². The lowest BCUT2D eigenvalue weighted by atomic mass is 10.2. The Labute approximate surface area is 217 Å². The Hall–Kier alpha value is -3.51. The van der Waals surface area contributed by atoms with Gasteiger partial charge in [0, 0.05) is 55.3 Å². The molecule has 2 amide bonds. The van der Waals surface area contributed by atoms with E-state index in [0.29, 0.717) is 34.5 Å². The lowest BCUT2D eigenvalue weighted by molar-refractivity contribution is -0.117. The highest BCUT2D eigenvalue weighted by molar-refractivity contribution is 7.99. The maximum Gasteiger partial charge on any atom is 0.277 e. The molecule has 0 bridgehead atoms. The van der Waals surface area contributed by atoms with Gasteiger partial charge in [0.15, 0.2) is 5.57 Å². The molecule has 0 radical (unpaired) electrons. The van der Waals surface area contributed by atoms with Crippen LogP contribution in [0.1, 0.15) is 13.8 Å². The van der Waals surface area contributed by atoms with E-state index in [1.54, 1.807) is 19.9 Å². The molecule has 3 rings (SSSR count). The van der Waals surface area contributed by atoms with Gasteiger partial charge in [-0.25, -0.2) is 0 Å². The fourth-order valence-corrected chi connectivity index (χ4v) is 5.37. The average Bonchev–Trinajstić information content (AvgIpc) is 3.17. The molecule has 1 aliphatic heterocycles. The molecule has 2 heterocycles. The Morgan fingerprint density at radius 2 is 1.94 bits per heavy atom. The van der Waals surface area contributed by atoms with Gasteiger partial charge in [0.2, 0.25) is 5.91 Å². The van der Waals surface area contributed by atoms with Gasteiger partial charge < -0.3 is 16.0 Å². The van der Waals surface area contributed by atoms with E-state index in [1.165, 1.54) is 10.8 Å². The number of amides is 2. The van der Waals surface area contributed by atoms with Gasteiger partial charge in [0.25, 0.3) is 11.5 Å². The molecule has 0 saturated carbocycles. The molecule has 0 spiro atoms. The zero-order valence-electron chi connectivity index (χ0n) is 20.2. The maximum atomic E-state index is 12.7. The molecule has 1 aliphatic rings. The number of anilines is 2. The number of nitriles is 1. The molecular weight excluding hydrogens is 496 g/mol. The Kier molecular flexibility index (Phi) is 10.2. The lowest BCUT2D eigenvalue weighted by Gasteiger charge is -2.25.